The predicted octanol–water partition coefficient (Wildman–Crippen LogP) is 2.91. The predicted molar refractivity (Wildman–Crippen MR) is 67.1 cm³/mol. The molecule has 0 amide bonds. The van der Waals surface area contributed by atoms with E-state index < -0.39 is 0 Å². The number of hydrogen-bond donors (Lipinski definition) is 1. The molecule has 0 aliphatic rings. The van der Waals surface area contributed by atoms with Crippen LogP contribution in [0.5, 0.6) is 0 Å². The second-order valence-corrected chi connectivity index (χ2v) is 5.12. The Bertz CT molecular complexity index is 134. The van der Waals surface area contributed by atoms with Crippen LogP contribution in [-0.2, 0) is 0 Å². The molecule has 0 aliphatic carbocycles. The van der Waals surface area contributed by atoms with Gasteiger partial charge in [-0.25, -0.2) is 0 Å². The Hall–Kier alpha value is -0.0800. The molecule has 0 spiro atoms. The fourth-order valence-corrected chi connectivity index (χ4v) is 1.81. The van der Waals surface area contributed by atoms with E-state index in [1.54, 1.807) is 0 Å². The maximum atomic E-state index is 8.67. The minimum Gasteiger partial charge on any atom is -0.396 e. The van der Waals surface area contributed by atoms with Gasteiger partial charge in [-0.2, -0.15) is 0 Å². The molecule has 0 heterocycles. The van der Waals surface area contributed by atoms with Crippen LogP contribution in [0, 0.1) is 5.92 Å². The van der Waals surface area contributed by atoms with Gasteiger partial charge in [0.25, 0.3) is 0 Å². The van der Waals surface area contributed by atoms with Crippen molar-refractivity contribution >= 4 is 0 Å². The van der Waals surface area contributed by atoms with Crippen molar-refractivity contribution < 1.29 is 5.11 Å². The highest BCUT2D eigenvalue weighted by Gasteiger charge is 2.10. The lowest BCUT2D eigenvalue weighted by molar-refractivity contribution is 0.192. The first-order valence-electron chi connectivity index (χ1n) is 6.42. The van der Waals surface area contributed by atoms with Crippen LogP contribution in [0.25, 0.3) is 0 Å². The van der Waals surface area contributed by atoms with Crippen molar-refractivity contribution in [2.75, 3.05) is 19.7 Å². The summed E-state index contributed by atoms with van der Waals surface area (Å²) in [6.07, 6.45) is 4.66. The Morgan fingerprint density at radius 1 is 0.933 bits per heavy atom. The Kier molecular flexibility index (Phi) is 9.12. The summed E-state index contributed by atoms with van der Waals surface area (Å²) < 4.78 is 0. The van der Waals surface area contributed by atoms with Crippen molar-refractivity contribution in [2.45, 2.75) is 59.4 Å². The Balaban J connectivity index is 3.58. The Morgan fingerprint density at radius 2 is 1.53 bits per heavy atom. The minimum absolute atomic E-state index is 0.347. The normalized spacial score (nSPS) is 12.0. The fraction of sp³-hybridized carbons (Fsp3) is 1.00. The van der Waals surface area contributed by atoms with Crippen LogP contribution in [0.3, 0.4) is 0 Å². The van der Waals surface area contributed by atoms with Crippen molar-refractivity contribution in [2.24, 2.45) is 5.92 Å². The lowest BCUT2D eigenvalue weighted by atomic mass is 10.1. The highest BCUT2D eigenvalue weighted by Crippen LogP contribution is 2.07. The first-order chi connectivity index (χ1) is 7.07. The molecule has 92 valence electrons. The summed E-state index contributed by atoms with van der Waals surface area (Å²) in [6, 6.07) is 0.658. The number of unbranched alkanes of at least 4 members (excludes halogenated alkanes) is 3. The number of aliphatic hydroxyl groups excluding tert-OH is 1. The average Bonchev–Trinajstić information content (AvgIpc) is 2.15. The lowest BCUT2D eigenvalue weighted by Gasteiger charge is -2.28. The van der Waals surface area contributed by atoms with E-state index in [9.17, 15) is 0 Å². The molecule has 0 rings (SSSR count). The summed E-state index contributed by atoms with van der Waals surface area (Å²) in [4.78, 5) is 2.56. The van der Waals surface area contributed by atoms with Crippen LogP contribution in [0.4, 0.5) is 0 Å². The van der Waals surface area contributed by atoms with Gasteiger partial charge in [0.1, 0.15) is 0 Å². The van der Waals surface area contributed by atoms with Crippen LogP contribution in [0.2, 0.25) is 0 Å². The molecule has 0 saturated heterocycles. The van der Waals surface area contributed by atoms with Gasteiger partial charge in [-0.15, -0.1) is 0 Å². The standard InChI is InChI=1S/C13H29NO/c1-12(2)11-14(13(3)4)9-7-5-6-8-10-15/h12-13,15H,5-11H2,1-4H3. The quantitative estimate of drug-likeness (QED) is 0.598. The smallest absolute Gasteiger partial charge is 0.0431 e. The van der Waals surface area contributed by atoms with Crippen LogP contribution in [0.15, 0.2) is 0 Å². The SMILES string of the molecule is CC(C)CN(CCCCCCO)C(C)C. The molecule has 0 unspecified atom stereocenters. The lowest BCUT2D eigenvalue weighted by Crippen LogP contribution is -2.34. The monoisotopic (exact) mass is 215 g/mol. The van der Waals surface area contributed by atoms with E-state index in [4.69, 9.17) is 5.11 Å². The third-order valence-corrected chi connectivity index (χ3v) is 2.68. The van der Waals surface area contributed by atoms with Crippen LogP contribution >= 0.6 is 0 Å². The van der Waals surface area contributed by atoms with Crippen molar-refractivity contribution in [3.05, 3.63) is 0 Å². The Labute approximate surface area is 95.7 Å². The second-order valence-electron chi connectivity index (χ2n) is 5.12. The maximum absolute atomic E-state index is 8.67. The number of hydrogen-bond acceptors (Lipinski definition) is 2. The van der Waals surface area contributed by atoms with Gasteiger partial charge < -0.3 is 10.0 Å². The highest BCUT2D eigenvalue weighted by atomic mass is 16.2. The molecule has 0 fully saturated rings. The molecule has 0 radical (unpaired) electrons. The summed E-state index contributed by atoms with van der Waals surface area (Å²) >= 11 is 0. The van der Waals surface area contributed by atoms with Gasteiger partial charge in [0.05, 0.1) is 0 Å². The molecule has 1 N–H and O–H groups in total. The molecule has 0 atom stereocenters. The van der Waals surface area contributed by atoms with E-state index in [2.05, 4.69) is 32.6 Å². The molecule has 0 saturated carbocycles. The van der Waals surface area contributed by atoms with Crippen LogP contribution in [-0.4, -0.2) is 35.7 Å². The van der Waals surface area contributed by atoms with Gasteiger partial charge in [-0.3, -0.25) is 0 Å². The van der Waals surface area contributed by atoms with Gasteiger partial charge in [0.15, 0.2) is 0 Å². The molecule has 0 aromatic carbocycles. The van der Waals surface area contributed by atoms with Gasteiger partial charge in [-0.1, -0.05) is 26.7 Å². The topological polar surface area (TPSA) is 23.5 Å². The molecule has 0 aromatic heterocycles. The van der Waals surface area contributed by atoms with Crippen molar-refractivity contribution in [1.29, 1.82) is 0 Å². The van der Waals surface area contributed by atoms with Crippen molar-refractivity contribution in [1.82, 2.24) is 4.90 Å². The molecule has 0 bridgehead atoms. The zero-order valence-electron chi connectivity index (χ0n) is 11.0. The molecule has 2 nitrogen and oxygen atoms in total. The third-order valence-electron chi connectivity index (χ3n) is 2.68. The summed E-state index contributed by atoms with van der Waals surface area (Å²) in [5, 5.41) is 8.67. The van der Waals surface area contributed by atoms with E-state index in [0.717, 1.165) is 12.3 Å². The summed E-state index contributed by atoms with van der Waals surface area (Å²) in [6.45, 7) is 11.9. The summed E-state index contributed by atoms with van der Waals surface area (Å²) in [5.41, 5.74) is 0. The second kappa shape index (κ2) is 9.17. The summed E-state index contributed by atoms with van der Waals surface area (Å²) in [5.74, 6) is 0.754. The molecule has 0 aliphatic heterocycles. The molecule has 2 heteroatoms. The Morgan fingerprint density at radius 3 is 2.00 bits per heavy atom. The third kappa shape index (κ3) is 8.88. The van der Waals surface area contributed by atoms with E-state index in [1.165, 1.54) is 32.4 Å². The number of aliphatic hydroxyl groups is 1. The van der Waals surface area contributed by atoms with Crippen molar-refractivity contribution in [3.63, 3.8) is 0 Å². The first kappa shape index (κ1) is 14.9. The maximum Gasteiger partial charge on any atom is 0.0431 e. The average molecular weight is 215 g/mol. The largest absolute Gasteiger partial charge is 0.396 e. The minimum atomic E-state index is 0.347. The number of rotatable bonds is 9. The van der Waals surface area contributed by atoms with E-state index >= 15 is 0 Å². The van der Waals surface area contributed by atoms with E-state index in [0.29, 0.717) is 12.6 Å². The highest BCUT2D eigenvalue weighted by molar-refractivity contribution is 4.64. The first-order valence-corrected chi connectivity index (χ1v) is 6.42. The molecule has 15 heavy (non-hydrogen) atoms. The zero-order chi connectivity index (χ0) is 11.7. The number of nitrogens with zero attached hydrogens (tertiary/aromatic N) is 1. The van der Waals surface area contributed by atoms with Crippen LogP contribution in [0.1, 0.15) is 53.4 Å². The van der Waals surface area contributed by atoms with Gasteiger partial charge in [-0.05, 0) is 39.2 Å². The fourth-order valence-electron chi connectivity index (χ4n) is 1.81. The molecular formula is C13H29NO. The van der Waals surface area contributed by atoms with E-state index in [1.807, 2.05) is 0 Å². The van der Waals surface area contributed by atoms with Gasteiger partial charge in [0, 0.05) is 19.2 Å². The zero-order valence-corrected chi connectivity index (χ0v) is 11.0. The van der Waals surface area contributed by atoms with Gasteiger partial charge in [0.2, 0.25) is 0 Å². The van der Waals surface area contributed by atoms with Gasteiger partial charge >= 0.3 is 0 Å². The van der Waals surface area contributed by atoms with E-state index in [-0.39, 0.29) is 0 Å². The van der Waals surface area contributed by atoms with Crippen LogP contribution < -0.4 is 0 Å². The summed E-state index contributed by atoms with van der Waals surface area (Å²) in [7, 11) is 0. The van der Waals surface area contributed by atoms with Crippen molar-refractivity contribution in [3.8, 4) is 0 Å². The molecule has 0 aromatic rings. The molecular weight excluding hydrogens is 186 g/mol.